The average molecular weight is 182 g/mol. The van der Waals surface area contributed by atoms with Crippen molar-refractivity contribution in [3.05, 3.63) is 24.0 Å². The molecule has 3 N–H and O–H groups in total. The number of hydrogen-bond acceptors (Lipinski definition) is 2. The molecule has 13 heavy (non-hydrogen) atoms. The maximum atomic E-state index is 8.63. The van der Waals surface area contributed by atoms with E-state index >= 15 is 0 Å². The van der Waals surface area contributed by atoms with Gasteiger partial charge in [0, 0.05) is 31.6 Å². The van der Waals surface area contributed by atoms with Crippen LogP contribution in [0.15, 0.2) is 18.5 Å². The van der Waals surface area contributed by atoms with Crippen LogP contribution in [0.3, 0.4) is 0 Å². The highest BCUT2D eigenvalue weighted by Crippen LogP contribution is 1.99. The summed E-state index contributed by atoms with van der Waals surface area (Å²) in [5.74, 6) is 0. The topological polar surface area (TPSA) is 48.0 Å². The molecule has 1 heterocycles. The van der Waals surface area contributed by atoms with Gasteiger partial charge in [-0.2, -0.15) is 0 Å². The maximum absolute atomic E-state index is 8.63. The Hall–Kier alpha value is -0.800. The third kappa shape index (κ3) is 4.10. The van der Waals surface area contributed by atoms with E-state index in [4.69, 9.17) is 5.11 Å². The summed E-state index contributed by atoms with van der Waals surface area (Å²) in [4.78, 5) is 3.02. The molecule has 74 valence electrons. The zero-order chi connectivity index (χ0) is 9.52. The summed E-state index contributed by atoms with van der Waals surface area (Å²) in [6.45, 7) is 3.33. The Kier molecular flexibility index (Phi) is 4.57. The molecule has 0 saturated carbocycles. The molecule has 0 saturated heterocycles. The van der Waals surface area contributed by atoms with E-state index < -0.39 is 0 Å². The van der Waals surface area contributed by atoms with Gasteiger partial charge >= 0.3 is 0 Å². The lowest BCUT2D eigenvalue weighted by atomic mass is 10.2. The summed E-state index contributed by atoms with van der Waals surface area (Å²) < 4.78 is 0. The van der Waals surface area contributed by atoms with Crippen molar-refractivity contribution < 1.29 is 5.11 Å². The Morgan fingerprint density at radius 2 is 2.46 bits per heavy atom. The van der Waals surface area contributed by atoms with Gasteiger partial charge in [0.25, 0.3) is 0 Å². The van der Waals surface area contributed by atoms with Gasteiger partial charge in [-0.3, -0.25) is 0 Å². The van der Waals surface area contributed by atoms with E-state index in [0.29, 0.717) is 6.04 Å². The first-order chi connectivity index (χ1) is 6.33. The van der Waals surface area contributed by atoms with Crippen LogP contribution in [0.1, 0.15) is 25.3 Å². The van der Waals surface area contributed by atoms with Crippen molar-refractivity contribution in [2.24, 2.45) is 0 Å². The van der Waals surface area contributed by atoms with E-state index in [9.17, 15) is 0 Å². The molecule has 0 fully saturated rings. The molecule has 0 amide bonds. The van der Waals surface area contributed by atoms with Crippen molar-refractivity contribution in [1.29, 1.82) is 0 Å². The third-order valence-electron chi connectivity index (χ3n) is 2.11. The monoisotopic (exact) mass is 182 g/mol. The van der Waals surface area contributed by atoms with E-state index in [2.05, 4.69) is 23.3 Å². The molecule has 3 heteroatoms. The minimum atomic E-state index is 0.288. The molecular formula is C10H18N2O. The van der Waals surface area contributed by atoms with E-state index in [1.807, 2.05) is 12.4 Å². The molecule has 3 nitrogen and oxygen atoms in total. The smallest absolute Gasteiger partial charge is 0.0431 e. The lowest BCUT2D eigenvalue weighted by molar-refractivity contribution is 0.276. The Morgan fingerprint density at radius 3 is 3.08 bits per heavy atom. The summed E-state index contributed by atoms with van der Waals surface area (Å²) in [5.41, 5.74) is 1.27. The second kappa shape index (κ2) is 5.78. The largest absolute Gasteiger partial charge is 0.396 e. The maximum Gasteiger partial charge on any atom is 0.0431 e. The molecule has 0 aliphatic carbocycles. The van der Waals surface area contributed by atoms with Crippen LogP contribution < -0.4 is 5.32 Å². The summed E-state index contributed by atoms with van der Waals surface area (Å²) in [5, 5.41) is 12.0. The van der Waals surface area contributed by atoms with Crippen molar-refractivity contribution >= 4 is 0 Å². The molecule has 0 spiro atoms. The molecule has 0 aromatic carbocycles. The zero-order valence-electron chi connectivity index (χ0n) is 8.09. The van der Waals surface area contributed by atoms with Gasteiger partial charge < -0.3 is 15.4 Å². The number of nitrogens with one attached hydrogen (secondary N) is 2. The predicted molar refractivity (Wildman–Crippen MR) is 53.4 cm³/mol. The van der Waals surface area contributed by atoms with Crippen LogP contribution in [0.25, 0.3) is 0 Å². The molecule has 0 aliphatic heterocycles. The van der Waals surface area contributed by atoms with Crippen molar-refractivity contribution in [3.63, 3.8) is 0 Å². The van der Waals surface area contributed by atoms with Crippen molar-refractivity contribution in [2.45, 2.75) is 32.4 Å². The van der Waals surface area contributed by atoms with Crippen LogP contribution in [0.2, 0.25) is 0 Å². The van der Waals surface area contributed by atoms with E-state index in [-0.39, 0.29) is 6.61 Å². The normalized spacial score (nSPS) is 13.1. The van der Waals surface area contributed by atoms with Crippen LogP contribution in [-0.4, -0.2) is 22.7 Å². The van der Waals surface area contributed by atoms with Gasteiger partial charge in [-0.15, -0.1) is 0 Å². The third-order valence-corrected chi connectivity index (χ3v) is 2.11. The van der Waals surface area contributed by atoms with Crippen molar-refractivity contribution in [1.82, 2.24) is 10.3 Å². The summed E-state index contributed by atoms with van der Waals surface area (Å²) in [6.07, 6.45) is 5.82. The number of rotatable bonds is 6. The molecule has 1 rings (SSSR count). The minimum Gasteiger partial charge on any atom is -0.396 e. The van der Waals surface area contributed by atoms with Crippen molar-refractivity contribution in [2.75, 3.05) is 6.61 Å². The number of aromatic amines is 1. The highest BCUT2D eigenvalue weighted by Gasteiger charge is 2.00. The van der Waals surface area contributed by atoms with Crippen LogP contribution in [0.5, 0.6) is 0 Å². The van der Waals surface area contributed by atoms with Crippen LogP contribution in [0, 0.1) is 0 Å². The van der Waals surface area contributed by atoms with E-state index in [1.54, 1.807) is 0 Å². The Bertz CT molecular complexity index is 209. The van der Waals surface area contributed by atoms with Gasteiger partial charge in [0.1, 0.15) is 0 Å². The minimum absolute atomic E-state index is 0.288. The quantitative estimate of drug-likeness (QED) is 0.620. The molecule has 1 unspecified atom stereocenters. The second-order valence-corrected chi connectivity index (χ2v) is 3.37. The number of aromatic nitrogens is 1. The molecule has 0 bridgehead atoms. The fraction of sp³-hybridized carbons (Fsp3) is 0.600. The van der Waals surface area contributed by atoms with Crippen molar-refractivity contribution in [3.8, 4) is 0 Å². The molecule has 1 aromatic heterocycles. The highest BCUT2D eigenvalue weighted by molar-refractivity contribution is 5.07. The number of hydrogen-bond donors (Lipinski definition) is 3. The first-order valence-corrected chi connectivity index (χ1v) is 4.79. The summed E-state index contributed by atoms with van der Waals surface area (Å²) in [6, 6.07) is 2.54. The Labute approximate surface area is 79.2 Å². The summed E-state index contributed by atoms with van der Waals surface area (Å²) in [7, 11) is 0. The van der Waals surface area contributed by atoms with Gasteiger partial charge in [0.15, 0.2) is 0 Å². The van der Waals surface area contributed by atoms with Gasteiger partial charge in [-0.1, -0.05) is 0 Å². The van der Waals surface area contributed by atoms with Crippen LogP contribution in [0.4, 0.5) is 0 Å². The van der Waals surface area contributed by atoms with Crippen LogP contribution >= 0.6 is 0 Å². The first-order valence-electron chi connectivity index (χ1n) is 4.79. The Morgan fingerprint density at radius 1 is 1.62 bits per heavy atom. The Balaban J connectivity index is 2.11. The van der Waals surface area contributed by atoms with E-state index in [1.165, 1.54) is 5.56 Å². The number of H-pyrrole nitrogens is 1. The van der Waals surface area contributed by atoms with Gasteiger partial charge in [-0.25, -0.2) is 0 Å². The SMILES string of the molecule is CC(CCCO)NCc1cc[nH]c1. The first kappa shape index (κ1) is 10.3. The average Bonchev–Trinajstić information content (AvgIpc) is 2.64. The molecule has 0 radical (unpaired) electrons. The lowest BCUT2D eigenvalue weighted by Gasteiger charge is -2.11. The molecule has 0 aliphatic rings. The molecule has 1 aromatic rings. The molecular weight excluding hydrogens is 164 g/mol. The summed E-state index contributed by atoms with van der Waals surface area (Å²) >= 11 is 0. The van der Waals surface area contributed by atoms with Gasteiger partial charge in [0.05, 0.1) is 0 Å². The fourth-order valence-electron chi connectivity index (χ4n) is 1.26. The zero-order valence-corrected chi connectivity index (χ0v) is 8.09. The standard InChI is InChI=1S/C10H18N2O/c1-9(3-2-6-13)12-8-10-4-5-11-7-10/h4-5,7,9,11-13H,2-3,6,8H2,1H3. The van der Waals surface area contributed by atoms with Gasteiger partial charge in [0.2, 0.25) is 0 Å². The fourth-order valence-corrected chi connectivity index (χ4v) is 1.26. The predicted octanol–water partition coefficient (Wildman–Crippen LogP) is 1.27. The molecule has 1 atom stereocenters. The van der Waals surface area contributed by atoms with Gasteiger partial charge in [-0.05, 0) is 31.4 Å². The number of aliphatic hydroxyl groups is 1. The lowest BCUT2D eigenvalue weighted by Crippen LogP contribution is -2.25. The second-order valence-electron chi connectivity index (χ2n) is 3.37. The number of aliphatic hydroxyl groups excluding tert-OH is 1. The van der Waals surface area contributed by atoms with E-state index in [0.717, 1.165) is 19.4 Å². The highest BCUT2D eigenvalue weighted by atomic mass is 16.2. The van der Waals surface area contributed by atoms with Crippen LogP contribution in [-0.2, 0) is 6.54 Å².